The lowest BCUT2D eigenvalue weighted by Gasteiger charge is -2.37. The topological polar surface area (TPSA) is 164 Å². The average molecular weight is 959 g/mol. The number of fused-ring (bicyclic) bond motifs is 3. The number of amides is 4. The fourth-order valence-electron chi connectivity index (χ4n) is 8.02. The molecule has 0 spiro atoms. The molecule has 7 rings (SSSR count). The van der Waals surface area contributed by atoms with Crippen LogP contribution in [0.1, 0.15) is 111 Å². The van der Waals surface area contributed by atoms with E-state index in [1.807, 2.05) is 81.7 Å². The summed E-state index contributed by atoms with van der Waals surface area (Å²) in [5, 5.41) is 19.1. The molecule has 3 N–H and O–H groups in total. The number of likely N-dealkylation sites (tertiary alicyclic amines) is 1. The zero-order chi connectivity index (χ0) is 46.8. The standard InChI is InChI=1S/C31H45N5O4S2.C17H15ClN4S/c1-21-27(41-20-34-21)25-14-12-24(13-15-25)19-33-29(39)26-11-10-17-36(26)30(40)28(35-23(3)38)31(4,5)42-18-9-7-6-8-16-32-22(2)37;1-9-10(2)23-17-15(9)16(12-4-6-13(18)7-5-12)19-8-14-21-20-11(3)22(14)17/h12-15,20,26,28H,6-11,16-19H2,1-5H3,(H,32,37)(H,33,39)(H,35,38);4-7H,8H2,1-3H3. The molecule has 13 nitrogen and oxygen atoms in total. The second-order valence-electron chi connectivity index (χ2n) is 17.0. The summed E-state index contributed by atoms with van der Waals surface area (Å²) in [5.74, 6) is 1.98. The van der Waals surface area contributed by atoms with Crippen LogP contribution in [-0.4, -0.2) is 89.7 Å². The number of thioether (sulfide) groups is 1. The maximum Gasteiger partial charge on any atom is 0.247 e. The third-order valence-corrected chi connectivity index (χ3v) is 15.6. The van der Waals surface area contributed by atoms with Gasteiger partial charge in [-0.25, -0.2) is 4.98 Å². The van der Waals surface area contributed by atoms with Crippen LogP contribution in [0.3, 0.4) is 0 Å². The zero-order valence-electron chi connectivity index (χ0n) is 38.5. The largest absolute Gasteiger partial charge is 0.356 e. The van der Waals surface area contributed by atoms with Gasteiger partial charge in [-0.3, -0.25) is 28.7 Å². The summed E-state index contributed by atoms with van der Waals surface area (Å²) in [6.45, 7) is 17.3. The summed E-state index contributed by atoms with van der Waals surface area (Å²) in [7, 11) is 0. The van der Waals surface area contributed by atoms with E-state index in [0.29, 0.717) is 32.6 Å². The van der Waals surface area contributed by atoms with Gasteiger partial charge < -0.3 is 20.9 Å². The Morgan fingerprint density at radius 1 is 0.908 bits per heavy atom. The molecule has 17 heteroatoms. The van der Waals surface area contributed by atoms with Gasteiger partial charge in [0.15, 0.2) is 5.82 Å². The molecular formula is C48H60ClN9O4S3. The number of thiazole rings is 1. The summed E-state index contributed by atoms with van der Waals surface area (Å²) in [6, 6.07) is 14.6. The van der Waals surface area contributed by atoms with E-state index in [9.17, 15) is 19.2 Å². The number of nitrogens with one attached hydrogen (secondary N) is 3. The van der Waals surface area contributed by atoms with Crippen molar-refractivity contribution in [1.82, 2.24) is 40.6 Å². The Morgan fingerprint density at radius 2 is 1.62 bits per heavy atom. The molecule has 2 atom stereocenters. The van der Waals surface area contributed by atoms with Crippen LogP contribution in [0.4, 0.5) is 0 Å². The Labute approximate surface area is 399 Å². The lowest BCUT2D eigenvalue weighted by Crippen LogP contribution is -2.59. The lowest BCUT2D eigenvalue weighted by atomic mass is 10.00. The Hall–Kier alpha value is -4.90. The SMILES string of the molecule is CC(=O)NCCCCCCSC(C)(C)C(NC(C)=O)C(=O)N1CCCC1C(=O)NCc1ccc(-c2scnc2C)cc1.Cc1sc2c(c1C)C(c1ccc(Cl)cc1)=NCc1nnc(C)n1-2. The molecule has 1 saturated heterocycles. The quantitative estimate of drug-likeness (QED) is 0.0828. The molecule has 65 heavy (non-hydrogen) atoms. The van der Waals surface area contributed by atoms with Gasteiger partial charge in [0.2, 0.25) is 23.6 Å². The maximum absolute atomic E-state index is 13.8. The number of aryl methyl sites for hydroxylation is 3. The fourth-order valence-corrected chi connectivity index (χ4v) is 11.4. The Bertz CT molecular complexity index is 2490. The Balaban J connectivity index is 0.000000253. The molecular weight excluding hydrogens is 898 g/mol. The van der Waals surface area contributed by atoms with Crippen LogP contribution >= 0.6 is 46.0 Å². The second kappa shape index (κ2) is 22.5. The van der Waals surface area contributed by atoms with Crippen molar-refractivity contribution in [2.45, 2.75) is 124 Å². The molecule has 2 aliphatic heterocycles. The van der Waals surface area contributed by atoms with Crippen molar-refractivity contribution in [3.8, 4) is 15.4 Å². The highest BCUT2D eigenvalue weighted by molar-refractivity contribution is 8.00. The molecule has 4 amide bonds. The summed E-state index contributed by atoms with van der Waals surface area (Å²) < 4.78 is 1.58. The van der Waals surface area contributed by atoms with Gasteiger partial charge in [0.25, 0.3) is 0 Å². The minimum absolute atomic E-state index is 0.00775. The molecule has 2 aromatic carbocycles. The van der Waals surface area contributed by atoms with Crippen LogP contribution in [-0.2, 0) is 32.3 Å². The van der Waals surface area contributed by atoms with Crippen molar-refractivity contribution < 1.29 is 19.2 Å². The van der Waals surface area contributed by atoms with Gasteiger partial charge in [-0.2, -0.15) is 11.8 Å². The van der Waals surface area contributed by atoms with E-state index in [2.05, 4.69) is 49.5 Å². The molecule has 0 bridgehead atoms. The predicted octanol–water partition coefficient (Wildman–Crippen LogP) is 8.70. The van der Waals surface area contributed by atoms with Crippen LogP contribution in [0.2, 0.25) is 5.02 Å². The van der Waals surface area contributed by atoms with E-state index in [0.717, 1.165) is 92.5 Å². The number of hydrogen-bond acceptors (Lipinski definition) is 11. The molecule has 5 aromatic rings. The molecule has 346 valence electrons. The zero-order valence-corrected chi connectivity index (χ0v) is 41.8. The molecule has 3 aromatic heterocycles. The number of hydrogen-bond donors (Lipinski definition) is 3. The van der Waals surface area contributed by atoms with Crippen LogP contribution in [0.25, 0.3) is 15.4 Å². The summed E-state index contributed by atoms with van der Waals surface area (Å²) in [6.07, 6.45) is 5.32. The summed E-state index contributed by atoms with van der Waals surface area (Å²) >= 11 is 11.1. The number of aliphatic imine (C=N–C) groups is 1. The third kappa shape index (κ3) is 12.5. The van der Waals surface area contributed by atoms with Crippen molar-refractivity contribution >= 4 is 75.4 Å². The molecule has 0 radical (unpaired) electrons. The average Bonchev–Trinajstić information content (AvgIpc) is 4.06. The first-order chi connectivity index (χ1) is 31.0. The molecule has 0 saturated carbocycles. The molecule has 0 aliphatic carbocycles. The Kier molecular flexibility index (Phi) is 17.2. The van der Waals surface area contributed by atoms with E-state index < -0.39 is 16.8 Å². The van der Waals surface area contributed by atoms with Gasteiger partial charge in [0.1, 0.15) is 29.5 Å². The van der Waals surface area contributed by atoms with Crippen LogP contribution in [0.5, 0.6) is 0 Å². The predicted molar refractivity (Wildman–Crippen MR) is 264 cm³/mol. The van der Waals surface area contributed by atoms with E-state index in [4.69, 9.17) is 16.6 Å². The lowest BCUT2D eigenvalue weighted by molar-refractivity contribution is -0.141. The van der Waals surface area contributed by atoms with Crippen LogP contribution in [0, 0.1) is 27.7 Å². The fraction of sp³-hybridized carbons (Fsp3) is 0.458. The first-order valence-electron chi connectivity index (χ1n) is 22.1. The number of benzene rings is 2. The van der Waals surface area contributed by atoms with Crippen LogP contribution in [0.15, 0.2) is 59.0 Å². The normalized spacial score (nSPS) is 14.9. The summed E-state index contributed by atoms with van der Waals surface area (Å²) in [5.41, 5.74) is 9.44. The van der Waals surface area contributed by atoms with E-state index >= 15 is 0 Å². The van der Waals surface area contributed by atoms with Gasteiger partial charge in [-0.1, -0.05) is 60.8 Å². The minimum atomic E-state index is -0.740. The van der Waals surface area contributed by atoms with Crippen molar-refractivity contribution in [2.75, 3.05) is 18.8 Å². The first kappa shape index (κ1) is 49.5. The maximum atomic E-state index is 13.8. The second-order valence-corrected chi connectivity index (χ2v) is 21.2. The monoisotopic (exact) mass is 957 g/mol. The number of rotatable bonds is 16. The van der Waals surface area contributed by atoms with E-state index in [-0.39, 0.29) is 23.6 Å². The number of halogens is 1. The van der Waals surface area contributed by atoms with Gasteiger partial charge in [0.05, 0.1) is 21.8 Å². The van der Waals surface area contributed by atoms with Crippen LogP contribution < -0.4 is 16.0 Å². The first-order valence-corrected chi connectivity index (χ1v) is 25.2. The molecule has 1 fully saturated rings. The number of carbonyl (C=O) groups is 4. The highest BCUT2D eigenvalue weighted by Gasteiger charge is 2.43. The number of nitrogens with zero attached hydrogens (tertiary/aromatic N) is 6. The van der Waals surface area contributed by atoms with Gasteiger partial charge in [0, 0.05) is 59.3 Å². The number of thiophene rings is 1. The van der Waals surface area contributed by atoms with E-state index in [1.54, 1.807) is 39.3 Å². The van der Waals surface area contributed by atoms with Crippen molar-refractivity contribution in [3.05, 3.63) is 104 Å². The van der Waals surface area contributed by atoms with Crippen molar-refractivity contribution in [2.24, 2.45) is 4.99 Å². The number of aromatic nitrogens is 4. The molecule has 5 heterocycles. The molecule has 2 aliphatic rings. The molecule has 2 unspecified atom stereocenters. The van der Waals surface area contributed by atoms with E-state index in [1.165, 1.54) is 29.9 Å². The number of carbonyl (C=O) groups excluding carboxylic acids is 4. The summed E-state index contributed by atoms with van der Waals surface area (Å²) in [4.78, 5) is 63.4. The Morgan fingerprint density at radius 3 is 2.29 bits per heavy atom. The van der Waals surface area contributed by atoms with Gasteiger partial charge >= 0.3 is 0 Å². The van der Waals surface area contributed by atoms with Gasteiger partial charge in [-0.15, -0.1) is 32.9 Å². The van der Waals surface area contributed by atoms with Crippen molar-refractivity contribution in [1.29, 1.82) is 0 Å². The number of unbranched alkanes of at least 4 members (excludes halogenated alkanes) is 3. The minimum Gasteiger partial charge on any atom is -0.356 e. The highest BCUT2D eigenvalue weighted by atomic mass is 35.5. The highest BCUT2D eigenvalue weighted by Crippen LogP contribution is 2.37. The van der Waals surface area contributed by atoms with Gasteiger partial charge in [-0.05, 0) is 102 Å². The smallest absolute Gasteiger partial charge is 0.247 e. The van der Waals surface area contributed by atoms with Crippen molar-refractivity contribution in [3.63, 3.8) is 0 Å². The third-order valence-electron chi connectivity index (χ3n) is 11.7.